The number of sulfonamides is 1. The molecule has 0 saturated carbocycles. The summed E-state index contributed by atoms with van der Waals surface area (Å²) in [4.78, 5) is 10.6. The lowest BCUT2D eigenvalue weighted by Crippen LogP contribution is -2.25. The van der Waals surface area contributed by atoms with Gasteiger partial charge in [0.25, 0.3) is 0 Å². The summed E-state index contributed by atoms with van der Waals surface area (Å²) in [5.41, 5.74) is 0.299. The molecule has 0 aliphatic carbocycles. The van der Waals surface area contributed by atoms with Crippen molar-refractivity contribution in [3.63, 3.8) is 0 Å². The molecule has 1 rings (SSSR count). The Morgan fingerprint density at radius 3 is 2.71 bits per heavy atom. The summed E-state index contributed by atoms with van der Waals surface area (Å²) in [6.07, 6.45) is 0. The molecule has 6 nitrogen and oxygen atoms in total. The maximum Gasteiger partial charge on any atom is 0.335 e. The number of hydrogen-bond donors (Lipinski definition) is 2. The first kappa shape index (κ1) is 13.2. The van der Waals surface area contributed by atoms with Gasteiger partial charge in [-0.1, -0.05) is 6.07 Å². The largest absolute Gasteiger partial charge is 0.478 e. The SMILES string of the molecule is Cc1ccc(C(=O)O)cc1S(=O)(=O)NCC#N. The molecule has 90 valence electrons. The van der Waals surface area contributed by atoms with Crippen LogP contribution in [0.2, 0.25) is 0 Å². The van der Waals surface area contributed by atoms with E-state index in [4.69, 9.17) is 10.4 Å². The van der Waals surface area contributed by atoms with Crippen molar-refractivity contribution in [1.29, 1.82) is 5.26 Å². The number of carboxylic acid groups (broad SMARTS) is 1. The maximum absolute atomic E-state index is 11.7. The Balaban J connectivity index is 3.26. The highest BCUT2D eigenvalue weighted by Crippen LogP contribution is 2.16. The number of aromatic carboxylic acids is 1. The molecule has 0 unspecified atom stereocenters. The van der Waals surface area contributed by atoms with E-state index in [1.54, 1.807) is 13.0 Å². The first-order chi connectivity index (χ1) is 7.88. The molecule has 0 heterocycles. The van der Waals surface area contributed by atoms with E-state index in [9.17, 15) is 13.2 Å². The number of aryl methyl sites for hydroxylation is 1. The molecular formula is C10H10N2O4S. The van der Waals surface area contributed by atoms with Crippen molar-refractivity contribution in [2.75, 3.05) is 6.54 Å². The van der Waals surface area contributed by atoms with Crippen LogP contribution in [-0.2, 0) is 10.0 Å². The van der Waals surface area contributed by atoms with Gasteiger partial charge in [-0.3, -0.25) is 0 Å². The maximum atomic E-state index is 11.7. The fourth-order valence-corrected chi connectivity index (χ4v) is 2.41. The Kier molecular flexibility index (Phi) is 3.83. The topological polar surface area (TPSA) is 107 Å². The van der Waals surface area contributed by atoms with E-state index >= 15 is 0 Å². The Morgan fingerprint density at radius 2 is 2.18 bits per heavy atom. The highest BCUT2D eigenvalue weighted by molar-refractivity contribution is 7.89. The summed E-state index contributed by atoms with van der Waals surface area (Å²) < 4.78 is 25.5. The summed E-state index contributed by atoms with van der Waals surface area (Å²) in [7, 11) is -3.84. The first-order valence-electron chi connectivity index (χ1n) is 4.59. The second-order valence-corrected chi connectivity index (χ2v) is 5.00. The summed E-state index contributed by atoms with van der Waals surface area (Å²) >= 11 is 0. The van der Waals surface area contributed by atoms with Gasteiger partial charge in [-0.25, -0.2) is 13.2 Å². The van der Waals surface area contributed by atoms with E-state index in [0.29, 0.717) is 5.56 Å². The average Bonchev–Trinajstić information content (AvgIpc) is 2.26. The quantitative estimate of drug-likeness (QED) is 0.760. The van der Waals surface area contributed by atoms with Crippen LogP contribution in [0.5, 0.6) is 0 Å². The van der Waals surface area contributed by atoms with Crippen LogP contribution in [0.25, 0.3) is 0 Å². The molecule has 0 bridgehead atoms. The van der Waals surface area contributed by atoms with E-state index in [2.05, 4.69) is 4.72 Å². The molecule has 1 aromatic carbocycles. The third-order valence-electron chi connectivity index (χ3n) is 2.07. The van der Waals surface area contributed by atoms with Crippen LogP contribution in [0.3, 0.4) is 0 Å². The monoisotopic (exact) mass is 254 g/mol. The zero-order chi connectivity index (χ0) is 13.1. The Bertz CT molecular complexity index is 587. The van der Waals surface area contributed by atoms with Gasteiger partial charge in [-0.05, 0) is 24.6 Å². The first-order valence-corrected chi connectivity index (χ1v) is 6.07. The molecule has 17 heavy (non-hydrogen) atoms. The normalized spacial score (nSPS) is 10.8. The Morgan fingerprint density at radius 1 is 1.53 bits per heavy atom. The van der Waals surface area contributed by atoms with E-state index < -0.39 is 16.0 Å². The van der Waals surface area contributed by atoms with Gasteiger partial charge in [0, 0.05) is 0 Å². The van der Waals surface area contributed by atoms with Crippen molar-refractivity contribution in [3.05, 3.63) is 29.3 Å². The Hall–Kier alpha value is -1.91. The summed E-state index contributed by atoms with van der Waals surface area (Å²) in [5, 5.41) is 17.1. The minimum absolute atomic E-state index is 0.118. The lowest BCUT2D eigenvalue weighted by Gasteiger charge is -2.07. The van der Waals surface area contributed by atoms with Crippen LogP contribution in [0, 0.1) is 18.3 Å². The summed E-state index contributed by atoms with van der Waals surface area (Å²) in [6, 6.07) is 5.44. The average molecular weight is 254 g/mol. The van der Waals surface area contributed by atoms with E-state index in [0.717, 1.165) is 6.07 Å². The molecule has 0 atom stereocenters. The van der Waals surface area contributed by atoms with E-state index in [1.807, 2.05) is 0 Å². The number of nitriles is 1. The third kappa shape index (κ3) is 3.03. The lowest BCUT2D eigenvalue weighted by atomic mass is 10.1. The molecule has 0 aliphatic rings. The minimum Gasteiger partial charge on any atom is -0.478 e. The zero-order valence-electron chi connectivity index (χ0n) is 8.97. The molecule has 2 N–H and O–H groups in total. The van der Waals surface area contributed by atoms with Gasteiger partial charge in [-0.15, -0.1) is 0 Å². The zero-order valence-corrected chi connectivity index (χ0v) is 9.78. The molecular weight excluding hydrogens is 244 g/mol. The molecule has 0 aliphatic heterocycles. The number of carboxylic acids is 1. The van der Waals surface area contributed by atoms with E-state index in [-0.39, 0.29) is 17.0 Å². The second-order valence-electron chi connectivity index (χ2n) is 3.27. The van der Waals surface area contributed by atoms with Gasteiger partial charge < -0.3 is 5.11 Å². The molecule has 0 radical (unpaired) electrons. The number of nitrogens with one attached hydrogen (secondary N) is 1. The van der Waals surface area contributed by atoms with Crippen LogP contribution < -0.4 is 4.72 Å². The van der Waals surface area contributed by atoms with E-state index in [1.165, 1.54) is 12.1 Å². The van der Waals surface area contributed by atoms with Crippen LogP contribution in [0.1, 0.15) is 15.9 Å². The summed E-state index contributed by atoms with van der Waals surface area (Å²) in [6.45, 7) is 1.19. The van der Waals surface area contributed by atoms with Gasteiger partial charge in [0.2, 0.25) is 10.0 Å². The van der Waals surface area contributed by atoms with Crippen LogP contribution in [0.15, 0.2) is 23.1 Å². The van der Waals surface area contributed by atoms with Gasteiger partial charge in [-0.2, -0.15) is 9.98 Å². The lowest BCUT2D eigenvalue weighted by molar-refractivity contribution is 0.0696. The molecule has 0 spiro atoms. The number of hydrogen-bond acceptors (Lipinski definition) is 4. The minimum atomic E-state index is -3.84. The molecule has 7 heteroatoms. The number of benzene rings is 1. The van der Waals surface area contributed by atoms with Crippen LogP contribution >= 0.6 is 0 Å². The fourth-order valence-electron chi connectivity index (χ4n) is 1.23. The number of nitrogens with zero attached hydrogens (tertiary/aromatic N) is 1. The van der Waals surface area contributed by atoms with Crippen LogP contribution in [0.4, 0.5) is 0 Å². The van der Waals surface area contributed by atoms with Gasteiger partial charge in [0.1, 0.15) is 0 Å². The summed E-state index contributed by atoms with van der Waals surface area (Å²) in [5.74, 6) is -1.21. The molecule has 0 aromatic heterocycles. The molecule has 0 saturated heterocycles. The molecule has 0 fully saturated rings. The van der Waals surface area contributed by atoms with Gasteiger partial charge in [0.05, 0.1) is 23.1 Å². The van der Waals surface area contributed by atoms with Crippen molar-refractivity contribution in [2.24, 2.45) is 0 Å². The Labute approximate surface area is 98.6 Å². The highest BCUT2D eigenvalue weighted by Gasteiger charge is 2.18. The van der Waals surface area contributed by atoms with Crippen LogP contribution in [-0.4, -0.2) is 26.0 Å². The van der Waals surface area contributed by atoms with Crippen molar-refractivity contribution >= 4 is 16.0 Å². The highest BCUT2D eigenvalue weighted by atomic mass is 32.2. The third-order valence-corrected chi connectivity index (χ3v) is 3.61. The van der Waals surface area contributed by atoms with Crippen molar-refractivity contribution in [1.82, 2.24) is 4.72 Å². The van der Waals surface area contributed by atoms with Gasteiger partial charge >= 0.3 is 5.97 Å². The van der Waals surface area contributed by atoms with Gasteiger partial charge in [0.15, 0.2) is 0 Å². The second kappa shape index (κ2) is 4.95. The molecule has 0 amide bonds. The standard InChI is InChI=1S/C10H10N2O4S/c1-7-2-3-8(10(13)14)6-9(7)17(15,16)12-5-4-11/h2-3,6,12H,5H2,1H3,(H,13,14). The number of carbonyl (C=O) groups is 1. The van der Waals surface area contributed by atoms with Crippen molar-refractivity contribution in [2.45, 2.75) is 11.8 Å². The smallest absolute Gasteiger partial charge is 0.335 e. The molecule has 1 aromatic rings. The predicted octanol–water partition coefficient (Wildman–Crippen LogP) is 0.495. The number of rotatable bonds is 4. The van der Waals surface area contributed by atoms with Crippen molar-refractivity contribution in [3.8, 4) is 6.07 Å². The van der Waals surface area contributed by atoms with Crippen molar-refractivity contribution < 1.29 is 18.3 Å². The predicted molar refractivity (Wildman–Crippen MR) is 58.9 cm³/mol. The fraction of sp³-hybridized carbons (Fsp3) is 0.200.